The second-order valence-electron chi connectivity index (χ2n) is 5.14. The second-order valence-corrected chi connectivity index (χ2v) is 5.55. The number of aromatic nitrogens is 1. The second kappa shape index (κ2) is 7.27. The van der Waals surface area contributed by atoms with Crippen molar-refractivity contribution in [3.63, 3.8) is 0 Å². The average molecular weight is 326 g/mol. The van der Waals surface area contributed by atoms with Gasteiger partial charge in [-0.2, -0.15) is 0 Å². The van der Waals surface area contributed by atoms with Gasteiger partial charge in [0.15, 0.2) is 0 Å². The zero-order chi connectivity index (χ0) is 16.1. The van der Waals surface area contributed by atoms with Gasteiger partial charge in [-0.3, -0.25) is 4.98 Å². The number of pyridine rings is 1. The Morgan fingerprint density at radius 3 is 2.43 bits per heavy atom. The Morgan fingerprint density at radius 1 is 1.00 bits per heavy atom. The Morgan fingerprint density at radius 2 is 1.74 bits per heavy atom. The summed E-state index contributed by atoms with van der Waals surface area (Å²) in [6.45, 7) is 0.511. The topological polar surface area (TPSA) is 42.4 Å². The van der Waals surface area contributed by atoms with E-state index in [9.17, 15) is 5.11 Å². The van der Waals surface area contributed by atoms with Gasteiger partial charge in [-0.15, -0.1) is 0 Å². The molecular formula is C19H16ClNO2. The van der Waals surface area contributed by atoms with E-state index in [4.69, 9.17) is 16.3 Å². The van der Waals surface area contributed by atoms with Gasteiger partial charge in [-0.25, -0.2) is 0 Å². The van der Waals surface area contributed by atoms with Crippen LogP contribution in [0.4, 0.5) is 0 Å². The highest BCUT2D eigenvalue weighted by Gasteiger charge is 2.14. The number of aliphatic hydroxyl groups excluding tert-OH is 1. The summed E-state index contributed by atoms with van der Waals surface area (Å²) in [5.41, 5.74) is 2.44. The lowest BCUT2D eigenvalue weighted by Crippen LogP contribution is -2.01. The van der Waals surface area contributed by atoms with Crippen LogP contribution in [-0.2, 0) is 6.61 Å². The van der Waals surface area contributed by atoms with E-state index < -0.39 is 6.10 Å². The van der Waals surface area contributed by atoms with Crippen molar-refractivity contribution in [1.82, 2.24) is 4.98 Å². The molecule has 0 bridgehead atoms. The largest absolute Gasteiger partial charge is 0.489 e. The third-order valence-corrected chi connectivity index (χ3v) is 3.88. The first-order valence-electron chi connectivity index (χ1n) is 7.28. The van der Waals surface area contributed by atoms with Gasteiger partial charge < -0.3 is 9.84 Å². The highest BCUT2D eigenvalue weighted by molar-refractivity contribution is 6.31. The summed E-state index contributed by atoms with van der Waals surface area (Å²) in [5, 5.41) is 10.9. The number of hydrogen-bond donors (Lipinski definition) is 1. The zero-order valence-corrected chi connectivity index (χ0v) is 13.1. The lowest BCUT2D eigenvalue weighted by molar-refractivity contribution is 0.219. The maximum Gasteiger partial charge on any atom is 0.119 e. The van der Waals surface area contributed by atoms with Crippen molar-refractivity contribution < 1.29 is 9.84 Å². The molecule has 0 aliphatic rings. The van der Waals surface area contributed by atoms with E-state index >= 15 is 0 Å². The van der Waals surface area contributed by atoms with E-state index in [-0.39, 0.29) is 0 Å². The van der Waals surface area contributed by atoms with E-state index in [1.165, 1.54) is 0 Å². The number of halogens is 1. The van der Waals surface area contributed by atoms with E-state index in [0.29, 0.717) is 17.2 Å². The first-order chi connectivity index (χ1) is 11.2. The Bertz CT molecular complexity index is 760. The average Bonchev–Trinajstić information content (AvgIpc) is 2.61. The number of nitrogens with zero attached hydrogens (tertiary/aromatic N) is 1. The van der Waals surface area contributed by atoms with Crippen molar-refractivity contribution >= 4 is 11.6 Å². The van der Waals surface area contributed by atoms with Crippen molar-refractivity contribution in [2.75, 3.05) is 0 Å². The van der Waals surface area contributed by atoms with Gasteiger partial charge in [-0.1, -0.05) is 54.1 Å². The number of rotatable bonds is 5. The molecule has 1 aromatic heterocycles. The summed E-state index contributed by atoms with van der Waals surface area (Å²) in [7, 11) is 0. The van der Waals surface area contributed by atoms with Crippen LogP contribution in [0.2, 0.25) is 5.02 Å². The standard InChI is InChI=1S/C19H16ClNO2/c20-18-10-11-21-12-17(18)19(22)15-6-8-16(9-7-15)23-13-14-4-2-1-3-5-14/h1-12,19,22H,13H2. The minimum atomic E-state index is -0.806. The van der Waals surface area contributed by atoms with Crippen molar-refractivity contribution in [3.8, 4) is 5.75 Å². The van der Waals surface area contributed by atoms with Crippen molar-refractivity contribution in [2.45, 2.75) is 12.7 Å². The van der Waals surface area contributed by atoms with Gasteiger partial charge in [0.25, 0.3) is 0 Å². The minimum absolute atomic E-state index is 0.497. The maximum absolute atomic E-state index is 10.4. The van der Waals surface area contributed by atoms with E-state index in [2.05, 4.69) is 4.98 Å². The maximum atomic E-state index is 10.4. The molecule has 0 radical (unpaired) electrons. The molecule has 3 rings (SSSR count). The zero-order valence-electron chi connectivity index (χ0n) is 12.4. The van der Waals surface area contributed by atoms with Crippen molar-refractivity contribution in [2.24, 2.45) is 0 Å². The van der Waals surface area contributed by atoms with Crippen LogP contribution in [0.5, 0.6) is 5.75 Å². The first kappa shape index (κ1) is 15.5. The fourth-order valence-electron chi connectivity index (χ4n) is 2.26. The fraction of sp³-hybridized carbons (Fsp3) is 0.105. The normalized spacial score (nSPS) is 11.9. The molecule has 0 saturated carbocycles. The lowest BCUT2D eigenvalue weighted by Gasteiger charge is -2.13. The van der Waals surface area contributed by atoms with Gasteiger partial charge in [-0.05, 0) is 29.3 Å². The molecule has 1 atom stereocenters. The summed E-state index contributed by atoms with van der Waals surface area (Å²) < 4.78 is 5.74. The molecule has 1 unspecified atom stereocenters. The van der Waals surface area contributed by atoms with Crippen LogP contribution in [0.15, 0.2) is 73.1 Å². The molecule has 4 heteroatoms. The Balaban J connectivity index is 1.68. The highest BCUT2D eigenvalue weighted by atomic mass is 35.5. The van der Waals surface area contributed by atoms with E-state index in [1.807, 2.05) is 54.6 Å². The molecule has 1 N–H and O–H groups in total. The molecule has 1 heterocycles. The summed E-state index contributed by atoms with van der Waals surface area (Å²) in [4.78, 5) is 4.00. The smallest absolute Gasteiger partial charge is 0.119 e. The third-order valence-electron chi connectivity index (χ3n) is 3.54. The first-order valence-corrected chi connectivity index (χ1v) is 7.66. The van der Waals surface area contributed by atoms with Gasteiger partial charge in [0.2, 0.25) is 0 Å². The highest BCUT2D eigenvalue weighted by Crippen LogP contribution is 2.28. The lowest BCUT2D eigenvalue weighted by atomic mass is 10.0. The van der Waals surface area contributed by atoms with E-state index in [1.54, 1.807) is 18.5 Å². The van der Waals surface area contributed by atoms with Crippen molar-refractivity contribution in [3.05, 3.63) is 94.8 Å². The molecule has 116 valence electrons. The molecule has 0 aliphatic heterocycles. The van der Waals surface area contributed by atoms with Crippen LogP contribution >= 0.6 is 11.6 Å². The Kier molecular flexibility index (Phi) is 4.91. The molecule has 0 amide bonds. The van der Waals surface area contributed by atoms with Crippen LogP contribution in [0.1, 0.15) is 22.8 Å². The van der Waals surface area contributed by atoms with Gasteiger partial charge >= 0.3 is 0 Å². The monoisotopic (exact) mass is 325 g/mol. The summed E-state index contributed by atoms with van der Waals surface area (Å²) >= 11 is 6.09. The molecule has 3 aromatic rings. The number of ether oxygens (including phenoxy) is 1. The summed E-state index contributed by atoms with van der Waals surface area (Å²) in [6.07, 6.45) is 2.37. The molecule has 3 nitrogen and oxygen atoms in total. The van der Waals surface area contributed by atoms with Crippen LogP contribution in [0.25, 0.3) is 0 Å². The predicted octanol–water partition coefficient (Wildman–Crippen LogP) is 4.40. The van der Waals surface area contributed by atoms with E-state index in [0.717, 1.165) is 16.9 Å². The summed E-state index contributed by atoms with van der Waals surface area (Å²) in [5.74, 6) is 0.752. The molecule has 0 fully saturated rings. The Labute approximate surface area is 140 Å². The quantitative estimate of drug-likeness (QED) is 0.756. The van der Waals surface area contributed by atoms with Gasteiger partial charge in [0, 0.05) is 23.0 Å². The van der Waals surface area contributed by atoms with Crippen LogP contribution in [-0.4, -0.2) is 10.1 Å². The molecule has 0 aliphatic carbocycles. The van der Waals surface area contributed by atoms with Crippen molar-refractivity contribution in [1.29, 1.82) is 0 Å². The van der Waals surface area contributed by atoms with Gasteiger partial charge in [0.1, 0.15) is 18.5 Å². The van der Waals surface area contributed by atoms with Gasteiger partial charge in [0.05, 0.1) is 0 Å². The minimum Gasteiger partial charge on any atom is -0.489 e. The molecule has 23 heavy (non-hydrogen) atoms. The van der Waals surface area contributed by atoms with Crippen LogP contribution < -0.4 is 4.74 Å². The molecule has 0 saturated heterocycles. The third kappa shape index (κ3) is 3.89. The Hall–Kier alpha value is -2.36. The molecular weight excluding hydrogens is 310 g/mol. The number of benzene rings is 2. The van der Waals surface area contributed by atoms with Crippen LogP contribution in [0, 0.1) is 0 Å². The molecule has 0 spiro atoms. The number of hydrogen-bond acceptors (Lipinski definition) is 3. The predicted molar refractivity (Wildman–Crippen MR) is 90.5 cm³/mol. The SMILES string of the molecule is OC(c1ccc(OCc2ccccc2)cc1)c1cnccc1Cl. The van der Waals surface area contributed by atoms with Crippen LogP contribution in [0.3, 0.4) is 0 Å². The fourth-order valence-corrected chi connectivity index (χ4v) is 2.47. The molecule has 2 aromatic carbocycles. The summed E-state index contributed by atoms with van der Waals surface area (Å²) in [6, 6.07) is 19.0. The number of aliphatic hydroxyl groups is 1.